The highest BCUT2D eigenvalue weighted by Gasteiger charge is 2.62. The zero-order chi connectivity index (χ0) is 18.3. The maximum atomic E-state index is 12.8. The number of benzene rings is 1. The number of aromatic nitrogens is 1. The Morgan fingerprint density at radius 2 is 2.04 bits per heavy atom. The molecule has 4 aliphatic rings. The maximum Gasteiger partial charge on any atom is 0.417 e. The molecule has 2 saturated heterocycles. The predicted molar refractivity (Wildman–Crippen MR) is 95.0 cm³/mol. The Morgan fingerprint density at radius 3 is 2.74 bits per heavy atom. The predicted octanol–water partition coefficient (Wildman–Crippen LogP) is 2.50. The minimum absolute atomic E-state index is 0.193. The van der Waals surface area contributed by atoms with Gasteiger partial charge in [0.25, 0.3) is 0 Å². The van der Waals surface area contributed by atoms with Crippen LogP contribution in [0.4, 0.5) is 22.0 Å². The fourth-order valence-electron chi connectivity index (χ4n) is 4.95. The second kappa shape index (κ2) is 4.74. The summed E-state index contributed by atoms with van der Waals surface area (Å²) in [5.74, 6) is 1.71. The van der Waals surface area contributed by atoms with E-state index in [0.717, 1.165) is 30.0 Å². The molecule has 3 fully saturated rings. The molecule has 1 N–H and O–H groups in total. The molecular formula is C19H17N5O3. The summed E-state index contributed by atoms with van der Waals surface area (Å²) in [7, 11) is 0. The lowest BCUT2D eigenvalue weighted by molar-refractivity contribution is 0.0490. The quantitative estimate of drug-likeness (QED) is 0.876. The van der Waals surface area contributed by atoms with Crippen molar-refractivity contribution in [2.75, 3.05) is 28.2 Å². The first kappa shape index (κ1) is 14.9. The Bertz CT molecular complexity index is 1000. The van der Waals surface area contributed by atoms with E-state index in [-0.39, 0.29) is 12.0 Å². The number of nitrogens with one attached hydrogen (secondary N) is 1. The van der Waals surface area contributed by atoms with Gasteiger partial charge in [-0.05, 0) is 30.9 Å². The molecule has 1 aromatic carbocycles. The van der Waals surface area contributed by atoms with Crippen molar-refractivity contribution < 1.29 is 14.1 Å². The lowest BCUT2D eigenvalue weighted by Gasteiger charge is -2.39. The normalized spacial score (nSPS) is 35.2. The molecule has 1 aromatic heterocycles. The van der Waals surface area contributed by atoms with Gasteiger partial charge in [-0.15, -0.1) is 0 Å². The third-order valence-electron chi connectivity index (χ3n) is 6.52. The Hall–Kier alpha value is -3.21. The average Bonchev–Trinajstić information content (AvgIpc) is 2.97. The molecule has 1 saturated carbocycles. The Morgan fingerprint density at radius 1 is 1.30 bits per heavy atom. The van der Waals surface area contributed by atoms with Gasteiger partial charge >= 0.3 is 6.09 Å². The molecule has 1 aliphatic carbocycles. The highest BCUT2D eigenvalue weighted by molar-refractivity contribution is 5.96. The fourth-order valence-corrected chi connectivity index (χ4v) is 4.95. The number of para-hydroxylation sites is 2. The Balaban J connectivity index is 1.34. The summed E-state index contributed by atoms with van der Waals surface area (Å²) in [5, 5.41) is 16.2. The second-order valence-corrected chi connectivity index (χ2v) is 7.73. The SMILES string of the molecule is C[C@H]1N(c2ccccc2N2CC3C(C#N)[C@H]3C2)C(=O)O[C@]12Nc1nocc12. The van der Waals surface area contributed by atoms with Crippen molar-refractivity contribution >= 4 is 23.3 Å². The van der Waals surface area contributed by atoms with Crippen LogP contribution in [0.25, 0.3) is 0 Å². The lowest BCUT2D eigenvalue weighted by atomic mass is 9.91. The van der Waals surface area contributed by atoms with Crippen molar-refractivity contribution in [2.24, 2.45) is 17.8 Å². The number of nitriles is 1. The van der Waals surface area contributed by atoms with Crippen LogP contribution in [0.2, 0.25) is 0 Å². The summed E-state index contributed by atoms with van der Waals surface area (Å²) in [6, 6.07) is 10.0. The number of ether oxygens (including phenoxy) is 1. The van der Waals surface area contributed by atoms with Gasteiger partial charge in [0.1, 0.15) is 17.9 Å². The number of carbonyl (C=O) groups is 1. The first-order valence-corrected chi connectivity index (χ1v) is 9.13. The lowest BCUT2D eigenvalue weighted by Crippen LogP contribution is -2.53. The summed E-state index contributed by atoms with van der Waals surface area (Å²) in [4.78, 5) is 16.8. The van der Waals surface area contributed by atoms with Crippen molar-refractivity contribution in [1.82, 2.24) is 5.16 Å². The first-order chi connectivity index (χ1) is 13.1. The minimum Gasteiger partial charge on any atom is -0.416 e. The summed E-state index contributed by atoms with van der Waals surface area (Å²) >= 11 is 0. The number of fused-ring (bicyclic) bond motifs is 3. The summed E-state index contributed by atoms with van der Waals surface area (Å²) in [5.41, 5.74) is 1.68. The number of carbonyl (C=O) groups excluding carboxylic acids is 1. The van der Waals surface area contributed by atoms with Crippen LogP contribution >= 0.6 is 0 Å². The highest BCUT2D eigenvalue weighted by atomic mass is 16.6. The molecule has 2 aromatic rings. The molecule has 6 rings (SSSR count). The molecule has 136 valence electrons. The number of hydrogen-bond acceptors (Lipinski definition) is 7. The van der Waals surface area contributed by atoms with E-state index in [2.05, 4.69) is 21.4 Å². The van der Waals surface area contributed by atoms with Crippen molar-refractivity contribution in [2.45, 2.75) is 18.7 Å². The molecule has 1 amide bonds. The third-order valence-corrected chi connectivity index (χ3v) is 6.52. The zero-order valence-electron chi connectivity index (χ0n) is 14.6. The molecule has 3 aliphatic heterocycles. The number of rotatable bonds is 2. The molecule has 8 nitrogen and oxygen atoms in total. The summed E-state index contributed by atoms with van der Waals surface area (Å²) < 4.78 is 10.7. The molecule has 4 heterocycles. The van der Waals surface area contributed by atoms with Crippen LogP contribution in [0.5, 0.6) is 0 Å². The van der Waals surface area contributed by atoms with Crippen LogP contribution in [0, 0.1) is 29.1 Å². The van der Waals surface area contributed by atoms with E-state index < -0.39 is 11.8 Å². The standard InChI is InChI=1S/C19H17N5O3/c1-10-19(14-9-26-22-17(14)21-19)27-18(25)24(10)16-5-3-2-4-15(16)23-7-12-11(6-20)13(12)8-23/h2-5,9-13H,7-8H2,1H3,(H,21,22)/t10-,11?,12-,13?,19-/m1/s1. The average molecular weight is 363 g/mol. The van der Waals surface area contributed by atoms with Gasteiger partial charge in [-0.3, -0.25) is 4.90 Å². The number of amides is 1. The van der Waals surface area contributed by atoms with E-state index in [9.17, 15) is 4.79 Å². The molecule has 27 heavy (non-hydrogen) atoms. The van der Waals surface area contributed by atoms with Crippen LogP contribution in [-0.4, -0.2) is 30.4 Å². The van der Waals surface area contributed by atoms with E-state index in [4.69, 9.17) is 14.5 Å². The molecular weight excluding hydrogens is 346 g/mol. The fraction of sp³-hybridized carbons (Fsp3) is 0.421. The Labute approximate surface area is 155 Å². The van der Waals surface area contributed by atoms with Gasteiger partial charge < -0.3 is 19.5 Å². The van der Waals surface area contributed by atoms with Gasteiger partial charge in [0.05, 0.1) is 23.4 Å². The Kier molecular flexibility index (Phi) is 2.62. The van der Waals surface area contributed by atoms with Gasteiger partial charge in [-0.2, -0.15) is 5.26 Å². The maximum absolute atomic E-state index is 12.8. The smallest absolute Gasteiger partial charge is 0.416 e. The first-order valence-electron chi connectivity index (χ1n) is 9.13. The molecule has 2 unspecified atom stereocenters. The van der Waals surface area contributed by atoms with E-state index in [1.165, 1.54) is 6.26 Å². The minimum atomic E-state index is -0.918. The number of piperidine rings is 1. The number of anilines is 3. The van der Waals surface area contributed by atoms with E-state index in [1.54, 1.807) is 4.90 Å². The summed E-state index contributed by atoms with van der Waals surface area (Å²) in [6.45, 7) is 3.67. The van der Waals surface area contributed by atoms with Crippen molar-refractivity contribution in [1.29, 1.82) is 5.26 Å². The molecule has 0 radical (unpaired) electrons. The van der Waals surface area contributed by atoms with Gasteiger partial charge in [0.2, 0.25) is 5.72 Å². The third kappa shape index (κ3) is 1.71. The zero-order valence-corrected chi connectivity index (χ0v) is 14.6. The monoisotopic (exact) mass is 363 g/mol. The van der Waals surface area contributed by atoms with Gasteiger partial charge in [0.15, 0.2) is 5.82 Å². The van der Waals surface area contributed by atoms with Crippen molar-refractivity contribution in [3.05, 3.63) is 36.1 Å². The van der Waals surface area contributed by atoms with Crippen LogP contribution in [0.1, 0.15) is 12.5 Å². The molecule has 0 bridgehead atoms. The van der Waals surface area contributed by atoms with Crippen LogP contribution in [0.3, 0.4) is 0 Å². The van der Waals surface area contributed by atoms with E-state index in [1.807, 2.05) is 31.2 Å². The van der Waals surface area contributed by atoms with Crippen LogP contribution in [0.15, 0.2) is 35.1 Å². The molecule has 8 heteroatoms. The number of nitrogens with zero attached hydrogens (tertiary/aromatic N) is 4. The van der Waals surface area contributed by atoms with E-state index >= 15 is 0 Å². The van der Waals surface area contributed by atoms with Crippen molar-refractivity contribution in [3.63, 3.8) is 0 Å². The highest BCUT2D eigenvalue weighted by Crippen LogP contribution is 2.55. The molecule has 5 atom stereocenters. The topological polar surface area (TPSA) is 94.6 Å². The largest absolute Gasteiger partial charge is 0.417 e. The van der Waals surface area contributed by atoms with Gasteiger partial charge in [-0.1, -0.05) is 17.3 Å². The van der Waals surface area contributed by atoms with Crippen LogP contribution < -0.4 is 15.1 Å². The van der Waals surface area contributed by atoms with Crippen molar-refractivity contribution in [3.8, 4) is 6.07 Å². The van der Waals surface area contributed by atoms with Gasteiger partial charge in [0, 0.05) is 13.1 Å². The summed E-state index contributed by atoms with van der Waals surface area (Å²) in [6.07, 6.45) is 1.13. The number of hydrogen-bond donors (Lipinski definition) is 1. The molecule has 1 spiro atoms. The van der Waals surface area contributed by atoms with E-state index in [0.29, 0.717) is 17.7 Å². The van der Waals surface area contributed by atoms with Gasteiger partial charge in [-0.25, -0.2) is 4.79 Å². The van der Waals surface area contributed by atoms with Crippen LogP contribution in [-0.2, 0) is 10.5 Å². The second-order valence-electron chi connectivity index (χ2n) is 7.73.